The number of benzene rings is 1. The number of nitrogens with two attached hydrogens (primary N) is 1. The van der Waals surface area contributed by atoms with Crippen LogP contribution in [0.4, 0.5) is 0 Å². The van der Waals surface area contributed by atoms with Crippen LogP contribution in [0, 0.1) is 0 Å². The molecule has 1 rings (SSSR count). The zero-order chi connectivity index (χ0) is 12.8. The second-order valence-corrected chi connectivity index (χ2v) is 4.82. The van der Waals surface area contributed by atoms with Gasteiger partial charge in [-0.3, -0.25) is 4.79 Å². The van der Waals surface area contributed by atoms with Gasteiger partial charge in [-0.2, -0.15) is 0 Å². The first-order valence-corrected chi connectivity index (χ1v) is 6.16. The van der Waals surface area contributed by atoms with Crippen molar-refractivity contribution in [3.05, 3.63) is 28.2 Å². The fourth-order valence-corrected chi connectivity index (χ4v) is 1.95. The van der Waals surface area contributed by atoms with Crippen LogP contribution in [0.1, 0.15) is 18.9 Å². The van der Waals surface area contributed by atoms with E-state index in [0.29, 0.717) is 13.0 Å². The number of amides is 1. The minimum Gasteiger partial charge on any atom is -0.496 e. The van der Waals surface area contributed by atoms with E-state index in [1.54, 1.807) is 7.11 Å². The third-order valence-corrected chi connectivity index (χ3v) is 2.88. The Morgan fingerprint density at radius 1 is 1.59 bits per heavy atom. The van der Waals surface area contributed by atoms with Crippen molar-refractivity contribution >= 4 is 21.8 Å². The van der Waals surface area contributed by atoms with E-state index in [-0.39, 0.29) is 11.9 Å². The lowest BCUT2D eigenvalue weighted by Gasteiger charge is -2.14. The summed E-state index contributed by atoms with van der Waals surface area (Å²) in [5, 5.41) is 3.23. The molecule has 4 nitrogen and oxygen atoms in total. The van der Waals surface area contributed by atoms with Crippen LogP contribution < -0.4 is 15.8 Å². The molecule has 1 atom stereocenters. The van der Waals surface area contributed by atoms with Crippen molar-refractivity contribution in [1.82, 2.24) is 5.32 Å². The highest BCUT2D eigenvalue weighted by Crippen LogP contribution is 2.22. The normalized spacial score (nSPS) is 12.2. The molecule has 1 amide bonds. The number of ether oxygens (including phenoxy) is 1. The van der Waals surface area contributed by atoms with Crippen LogP contribution in [-0.4, -0.2) is 19.1 Å². The summed E-state index contributed by atoms with van der Waals surface area (Å²) in [4.78, 5) is 10.7. The van der Waals surface area contributed by atoms with Crippen LogP contribution in [0.2, 0.25) is 0 Å². The van der Waals surface area contributed by atoms with Gasteiger partial charge in [-0.05, 0) is 25.1 Å². The summed E-state index contributed by atoms with van der Waals surface area (Å²) < 4.78 is 6.26. The average molecular weight is 301 g/mol. The molecule has 0 aliphatic rings. The first-order chi connectivity index (χ1) is 8.02. The fourth-order valence-electron chi connectivity index (χ4n) is 1.54. The Morgan fingerprint density at radius 2 is 2.29 bits per heavy atom. The SMILES string of the molecule is COc1ccc(Br)cc1CNC(C)CC(N)=O. The summed E-state index contributed by atoms with van der Waals surface area (Å²) in [5.74, 6) is 0.526. The van der Waals surface area contributed by atoms with Crippen molar-refractivity contribution in [3.8, 4) is 5.75 Å². The lowest BCUT2D eigenvalue weighted by molar-refractivity contribution is -0.118. The van der Waals surface area contributed by atoms with Gasteiger partial charge in [0.1, 0.15) is 5.75 Å². The Morgan fingerprint density at radius 3 is 2.88 bits per heavy atom. The highest BCUT2D eigenvalue weighted by atomic mass is 79.9. The lowest BCUT2D eigenvalue weighted by atomic mass is 10.1. The highest BCUT2D eigenvalue weighted by Gasteiger charge is 2.08. The van der Waals surface area contributed by atoms with Crippen molar-refractivity contribution in [2.24, 2.45) is 5.73 Å². The molecule has 0 spiro atoms. The molecule has 3 N–H and O–H groups in total. The quantitative estimate of drug-likeness (QED) is 0.842. The van der Waals surface area contributed by atoms with E-state index in [1.165, 1.54) is 0 Å². The average Bonchev–Trinajstić information content (AvgIpc) is 2.25. The number of hydrogen-bond acceptors (Lipinski definition) is 3. The summed E-state index contributed by atoms with van der Waals surface area (Å²) in [5.41, 5.74) is 6.17. The molecule has 94 valence electrons. The van der Waals surface area contributed by atoms with Crippen molar-refractivity contribution < 1.29 is 9.53 Å². The summed E-state index contributed by atoms with van der Waals surface area (Å²) in [6.45, 7) is 2.56. The first-order valence-electron chi connectivity index (χ1n) is 5.37. The number of halogens is 1. The van der Waals surface area contributed by atoms with Gasteiger partial charge in [0, 0.05) is 29.0 Å². The third kappa shape index (κ3) is 4.75. The molecule has 0 aliphatic carbocycles. The maximum Gasteiger partial charge on any atom is 0.218 e. The number of nitrogens with one attached hydrogen (secondary N) is 1. The lowest BCUT2D eigenvalue weighted by Crippen LogP contribution is -2.30. The number of methoxy groups -OCH3 is 1. The van der Waals surface area contributed by atoms with Gasteiger partial charge in [-0.15, -0.1) is 0 Å². The predicted molar refractivity (Wildman–Crippen MR) is 70.8 cm³/mol. The van der Waals surface area contributed by atoms with E-state index >= 15 is 0 Å². The molecule has 0 aromatic heterocycles. The monoisotopic (exact) mass is 300 g/mol. The van der Waals surface area contributed by atoms with Gasteiger partial charge < -0.3 is 15.8 Å². The second kappa shape index (κ2) is 6.61. The van der Waals surface area contributed by atoms with E-state index in [0.717, 1.165) is 15.8 Å². The van der Waals surface area contributed by atoms with Crippen LogP contribution in [0.15, 0.2) is 22.7 Å². The first kappa shape index (κ1) is 14.0. The molecule has 1 aromatic rings. The zero-order valence-electron chi connectivity index (χ0n) is 10.00. The number of carbonyl (C=O) groups excluding carboxylic acids is 1. The summed E-state index contributed by atoms with van der Waals surface area (Å²) in [6, 6.07) is 5.87. The number of carbonyl (C=O) groups is 1. The smallest absolute Gasteiger partial charge is 0.218 e. The standard InChI is InChI=1S/C12H17BrN2O2/c1-8(5-12(14)16)15-7-9-6-10(13)3-4-11(9)17-2/h3-4,6,8,15H,5,7H2,1-2H3,(H2,14,16). The molecule has 0 aliphatic heterocycles. The second-order valence-electron chi connectivity index (χ2n) is 3.91. The van der Waals surface area contributed by atoms with Crippen molar-refractivity contribution in [1.29, 1.82) is 0 Å². The van der Waals surface area contributed by atoms with Crippen molar-refractivity contribution in [2.75, 3.05) is 7.11 Å². The van der Waals surface area contributed by atoms with E-state index in [2.05, 4.69) is 21.2 Å². The van der Waals surface area contributed by atoms with Gasteiger partial charge in [0.15, 0.2) is 0 Å². The Balaban J connectivity index is 2.61. The van der Waals surface area contributed by atoms with Gasteiger partial charge in [0.25, 0.3) is 0 Å². The molecule has 0 bridgehead atoms. The molecule has 1 unspecified atom stereocenters. The van der Waals surface area contributed by atoms with Gasteiger partial charge in [0.05, 0.1) is 7.11 Å². The molecular formula is C12H17BrN2O2. The number of rotatable bonds is 6. The topological polar surface area (TPSA) is 64.3 Å². The zero-order valence-corrected chi connectivity index (χ0v) is 11.6. The third-order valence-electron chi connectivity index (χ3n) is 2.39. The molecule has 0 saturated heterocycles. The Bertz CT molecular complexity index is 396. The van der Waals surface area contributed by atoms with E-state index in [1.807, 2.05) is 25.1 Å². The summed E-state index contributed by atoms with van der Waals surface area (Å²) >= 11 is 3.42. The Hall–Kier alpha value is -1.07. The van der Waals surface area contributed by atoms with Gasteiger partial charge in [-0.1, -0.05) is 15.9 Å². The van der Waals surface area contributed by atoms with Crippen LogP contribution in [0.5, 0.6) is 5.75 Å². The molecular weight excluding hydrogens is 284 g/mol. The van der Waals surface area contributed by atoms with E-state index < -0.39 is 0 Å². The van der Waals surface area contributed by atoms with Gasteiger partial charge >= 0.3 is 0 Å². The van der Waals surface area contributed by atoms with Crippen LogP contribution in [-0.2, 0) is 11.3 Å². The number of primary amides is 1. The minimum absolute atomic E-state index is 0.0520. The molecule has 0 radical (unpaired) electrons. The van der Waals surface area contributed by atoms with E-state index in [4.69, 9.17) is 10.5 Å². The Kier molecular flexibility index (Phi) is 5.44. The van der Waals surface area contributed by atoms with Crippen LogP contribution >= 0.6 is 15.9 Å². The number of hydrogen-bond donors (Lipinski definition) is 2. The van der Waals surface area contributed by atoms with Gasteiger partial charge in [0.2, 0.25) is 5.91 Å². The van der Waals surface area contributed by atoms with Crippen LogP contribution in [0.25, 0.3) is 0 Å². The van der Waals surface area contributed by atoms with E-state index in [9.17, 15) is 4.79 Å². The molecule has 5 heteroatoms. The Labute approximate surface area is 110 Å². The molecule has 1 aromatic carbocycles. The molecule has 17 heavy (non-hydrogen) atoms. The predicted octanol–water partition coefficient (Wildman–Crippen LogP) is 1.81. The maximum absolute atomic E-state index is 10.7. The van der Waals surface area contributed by atoms with Crippen molar-refractivity contribution in [2.45, 2.75) is 25.9 Å². The molecule has 0 fully saturated rings. The van der Waals surface area contributed by atoms with Crippen molar-refractivity contribution in [3.63, 3.8) is 0 Å². The largest absolute Gasteiger partial charge is 0.496 e. The minimum atomic E-state index is -0.300. The maximum atomic E-state index is 10.7. The van der Waals surface area contributed by atoms with Crippen LogP contribution in [0.3, 0.4) is 0 Å². The molecule has 0 heterocycles. The fraction of sp³-hybridized carbons (Fsp3) is 0.417. The summed E-state index contributed by atoms with van der Waals surface area (Å²) in [7, 11) is 1.64. The van der Waals surface area contributed by atoms with Gasteiger partial charge in [-0.25, -0.2) is 0 Å². The summed E-state index contributed by atoms with van der Waals surface area (Å²) in [6.07, 6.45) is 0.330. The highest BCUT2D eigenvalue weighted by molar-refractivity contribution is 9.10. The molecule has 0 saturated carbocycles.